The van der Waals surface area contributed by atoms with Gasteiger partial charge < -0.3 is 14.2 Å². The molecule has 2 heterocycles. The molecule has 0 saturated carbocycles. The lowest BCUT2D eigenvalue weighted by Gasteiger charge is -2.36. The van der Waals surface area contributed by atoms with Crippen LogP contribution in [0.2, 0.25) is 0 Å². The zero-order chi connectivity index (χ0) is 19.3. The van der Waals surface area contributed by atoms with Crippen LogP contribution in [0.1, 0.15) is 32.8 Å². The van der Waals surface area contributed by atoms with Gasteiger partial charge in [0.25, 0.3) is 0 Å². The van der Waals surface area contributed by atoms with Crippen molar-refractivity contribution in [1.29, 1.82) is 0 Å². The minimum atomic E-state index is -0.858. The van der Waals surface area contributed by atoms with Crippen LogP contribution < -0.4 is 0 Å². The summed E-state index contributed by atoms with van der Waals surface area (Å²) in [6, 6.07) is 8.96. The van der Waals surface area contributed by atoms with Crippen molar-refractivity contribution in [1.82, 2.24) is 0 Å². The van der Waals surface area contributed by atoms with Gasteiger partial charge in [0.15, 0.2) is 17.6 Å². The summed E-state index contributed by atoms with van der Waals surface area (Å²) in [5.74, 6) is -1.15. The first kappa shape index (κ1) is 17.7. The van der Waals surface area contributed by atoms with Crippen molar-refractivity contribution in [3.8, 4) is 0 Å². The van der Waals surface area contributed by atoms with Crippen LogP contribution in [0, 0.1) is 0 Å². The Kier molecular flexibility index (Phi) is 4.23. The highest BCUT2D eigenvalue weighted by Crippen LogP contribution is 2.42. The van der Waals surface area contributed by atoms with E-state index in [2.05, 4.69) is 0 Å². The predicted molar refractivity (Wildman–Crippen MR) is 95.5 cm³/mol. The first-order valence-electron chi connectivity index (χ1n) is 9.03. The zero-order valence-electron chi connectivity index (χ0n) is 15.4. The molecule has 2 aliphatic heterocycles. The minimum absolute atomic E-state index is 0.00995. The van der Waals surface area contributed by atoms with Crippen LogP contribution in [0.5, 0.6) is 0 Å². The molecule has 6 nitrogen and oxygen atoms in total. The zero-order valence-corrected chi connectivity index (χ0v) is 15.4. The molecule has 4 rings (SSSR count). The van der Waals surface area contributed by atoms with Crippen molar-refractivity contribution in [2.45, 2.75) is 51.6 Å². The Balaban J connectivity index is 1.89. The molecule has 27 heavy (non-hydrogen) atoms. The Morgan fingerprint density at radius 1 is 1.04 bits per heavy atom. The summed E-state index contributed by atoms with van der Waals surface area (Å²) in [7, 11) is 0. The Hall–Kier alpha value is -2.73. The van der Waals surface area contributed by atoms with Crippen molar-refractivity contribution in [3.63, 3.8) is 0 Å². The van der Waals surface area contributed by atoms with Gasteiger partial charge in [-0.1, -0.05) is 30.3 Å². The largest absolute Gasteiger partial charge is 0.486 e. The van der Waals surface area contributed by atoms with Gasteiger partial charge in [-0.15, -0.1) is 0 Å². The lowest BCUT2D eigenvalue weighted by atomic mass is 9.78. The van der Waals surface area contributed by atoms with Gasteiger partial charge >= 0.3 is 5.97 Å². The van der Waals surface area contributed by atoms with Gasteiger partial charge in [-0.3, -0.25) is 14.4 Å². The maximum absolute atomic E-state index is 13.4. The lowest BCUT2D eigenvalue weighted by Crippen LogP contribution is -2.45. The molecule has 1 aromatic rings. The van der Waals surface area contributed by atoms with Gasteiger partial charge in [0.1, 0.15) is 6.10 Å². The van der Waals surface area contributed by atoms with Crippen LogP contribution in [0.4, 0.5) is 0 Å². The SMILES string of the molecule is CC(C)OC1=C(c2ccccc2)C(=O)C2=C(C1=O)[C@@H]1OC(=O)C[C@@H]1O[C@H]2C. The molecule has 140 valence electrons. The van der Waals surface area contributed by atoms with Gasteiger partial charge in [-0.05, 0) is 26.3 Å². The highest BCUT2D eigenvalue weighted by atomic mass is 16.6. The molecule has 1 fully saturated rings. The van der Waals surface area contributed by atoms with E-state index in [1.165, 1.54) is 0 Å². The van der Waals surface area contributed by atoms with Crippen LogP contribution in [0.15, 0.2) is 47.2 Å². The Morgan fingerprint density at radius 2 is 1.74 bits per heavy atom. The third-order valence-electron chi connectivity index (χ3n) is 4.89. The molecule has 0 spiro atoms. The Morgan fingerprint density at radius 3 is 2.41 bits per heavy atom. The molecular formula is C21H20O6. The first-order valence-corrected chi connectivity index (χ1v) is 9.03. The number of rotatable bonds is 3. The second-order valence-electron chi connectivity index (χ2n) is 7.15. The van der Waals surface area contributed by atoms with Crippen molar-refractivity contribution in [2.75, 3.05) is 0 Å². The number of carbonyl (C=O) groups excluding carboxylic acids is 3. The van der Waals surface area contributed by atoms with E-state index in [9.17, 15) is 14.4 Å². The van der Waals surface area contributed by atoms with E-state index >= 15 is 0 Å². The second-order valence-corrected chi connectivity index (χ2v) is 7.15. The number of esters is 1. The molecule has 0 N–H and O–H groups in total. The van der Waals surface area contributed by atoms with Crippen molar-refractivity contribution >= 4 is 23.1 Å². The number of hydrogen-bond donors (Lipinski definition) is 0. The van der Waals surface area contributed by atoms with Crippen molar-refractivity contribution in [3.05, 3.63) is 52.8 Å². The average Bonchev–Trinajstić information content (AvgIpc) is 2.98. The summed E-state index contributed by atoms with van der Waals surface area (Å²) < 4.78 is 16.9. The summed E-state index contributed by atoms with van der Waals surface area (Å²) in [4.78, 5) is 38.5. The summed E-state index contributed by atoms with van der Waals surface area (Å²) in [6.07, 6.45) is -2.24. The predicted octanol–water partition coefficient (Wildman–Crippen LogP) is 2.37. The van der Waals surface area contributed by atoms with E-state index in [0.717, 1.165) is 0 Å². The molecule has 1 aromatic carbocycles. The molecule has 0 bridgehead atoms. The fourth-order valence-corrected chi connectivity index (χ4v) is 3.85. The number of ketones is 2. The van der Waals surface area contributed by atoms with E-state index in [4.69, 9.17) is 14.2 Å². The van der Waals surface area contributed by atoms with Crippen LogP contribution in [-0.4, -0.2) is 42.0 Å². The minimum Gasteiger partial charge on any atom is -0.486 e. The molecule has 1 aliphatic carbocycles. The first-order chi connectivity index (χ1) is 12.9. The van der Waals surface area contributed by atoms with Gasteiger partial charge in [0.2, 0.25) is 5.78 Å². The molecule has 6 heteroatoms. The smallest absolute Gasteiger partial charge is 0.309 e. The lowest BCUT2D eigenvalue weighted by molar-refractivity contribution is -0.142. The summed E-state index contributed by atoms with van der Waals surface area (Å²) in [6.45, 7) is 5.31. The fourth-order valence-electron chi connectivity index (χ4n) is 3.85. The molecule has 3 atom stereocenters. The topological polar surface area (TPSA) is 78.9 Å². The maximum atomic E-state index is 13.4. The molecule has 3 aliphatic rings. The number of allylic oxidation sites excluding steroid dienone is 2. The highest BCUT2D eigenvalue weighted by Gasteiger charge is 2.52. The van der Waals surface area contributed by atoms with E-state index in [0.29, 0.717) is 5.56 Å². The quantitative estimate of drug-likeness (QED) is 0.602. The number of carbonyl (C=O) groups is 3. The Labute approximate surface area is 156 Å². The number of Topliss-reactive ketones (excluding diaryl/α,β-unsaturated/α-hetero) is 2. The van der Waals surface area contributed by atoms with E-state index in [1.54, 1.807) is 45.0 Å². The van der Waals surface area contributed by atoms with Crippen LogP contribution in [0.3, 0.4) is 0 Å². The van der Waals surface area contributed by atoms with Gasteiger partial charge in [0.05, 0.1) is 29.8 Å². The van der Waals surface area contributed by atoms with Gasteiger partial charge in [0, 0.05) is 5.57 Å². The van der Waals surface area contributed by atoms with Crippen molar-refractivity contribution in [2.24, 2.45) is 0 Å². The average molecular weight is 368 g/mol. The molecule has 1 saturated heterocycles. The molecule has 0 aromatic heterocycles. The Bertz CT molecular complexity index is 893. The fraction of sp³-hybridized carbons (Fsp3) is 0.381. The molecular weight excluding hydrogens is 348 g/mol. The highest BCUT2D eigenvalue weighted by molar-refractivity contribution is 6.39. The van der Waals surface area contributed by atoms with Gasteiger partial charge in [-0.2, -0.15) is 0 Å². The summed E-state index contributed by atoms with van der Waals surface area (Å²) in [5.41, 5.74) is 1.29. The monoisotopic (exact) mass is 368 g/mol. The molecule has 0 radical (unpaired) electrons. The van der Waals surface area contributed by atoms with E-state index < -0.39 is 30.1 Å². The standard InChI is InChI=1S/C21H20O6/c1-10(2)25-21-16(12-7-5-4-6-8-12)18(23)15-11(3)26-13-9-14(22)27-20(13)17(15)19(21)24/h4-8,10-11,13,20H,9H2,1-3H3/t11-,13-,20+/m0/s1. The second kappa shape index (κ2) is 6.46. The van der Waals surface area contributed by atoms with Crippen LogP contribution in [0.25, 0.3) is 5.57 Å². The number of fused-ring (bicyclic) bond motifs is 2. The number of ether oxygens (including phenoxy) is 3. The third-order valence-corrected chi connectivity index (χ3v) is 4.89. The van der Waals surface area contributed by atoms with E-state index in [1.807, 2.05) is 6.07 Å². The van der Waals surface area contributed by atoms with Crippen LogP contribution in [-0.2, 0) is 28.6 Å². The normalized spacial score (nSPS) is 27.7. The van der Waals surface area contributed by atoms with Crippen molar-refractivity contribution < 1.29 is 28.6 Å². The van der Waals surface area contributed by atoms with Gasteiger partial charge in [-0.25, -0.2) is 0 Å². The number of hydrogen-bond acceptors (Lipinski definition) is 6. The third kappa shape index (κ3) is 2.80. The summed E-state index contributed by atoms with van der Waals surface area (Å²) in [5, 5.41) is 0. The number of benzene rings is 1. The molecule has 0 amide bonds. The summed E-state index contributed by atoms with van der Waals surface area (Å²) >= 11 is 0. The van der Waals surface area contributed by atoms with E-state index in [-0.39, 0.29) is 40.8 Å². The van der Waals surface area contributed by atoms with Crippen LogP contribution >= 0.6 is 0 Å². The molecule has 0 unspecified atom stereocenters. The maximum Gasteiger partial charge on any atom is 0.309 e.